The second kappa shape index (κ2) is 10.6. The van der Waals surface area contributed by atoms with Gasteiger partial charge in [0.05, 0.1) is 26.5 Å². The number of thioether (sulfide) groups is 1. The molecule has 3 rings (SSSR count). The number of hydrogen-bond donors (Lipinski definition) is 1. The second-order valence-electron chi connectivity index (χ2n) is 6.38. The Morgan fingerprint density at radius 2 is 1.70 bits per heavy atom. The summed E-state index contributed by atoms with van der Waals surface area (Å²) < 4.78 is 16.4. The molecule has 156 valence electrons. The summed E-state index contributed by atoms with van der Waals surface area (Å²) >= 11 is 1.70. The third kappa shape index (κ3) is 5.48. The van der Waals surface area contributed by atoms with Crippen LogP contribution < -0.4 is 19.5 Å². The Labute approximate surface area is 181 Å². The molecule has 0 heterocycles. The number of ether oxygens (including phenoxy) is 3. The topological polar surface area (TPSA) is 56.8 Å². The third-order valence-corrected chi connectivity index (χ3v) is 5.48. The average molecular weight is 424 g/mol. The highest BCUT2D eigenvalue weighted by Gasteiger charge is 2.14. The first kappa shape index (κ1) is 21.6. The van der Waals surface area contributed by atoms with E-state index in [2.05, 4.69) is 17.4 Å². The summed E-state index contributed by atoms with van der Waals surface area (Å²) in [6.07, 6.45) is 0. The van der Waals surface area contributed by atoms with E-state index in [0.717, 1.165) is 16.2 Å². The van der Waals surface area contributed by atoms with E-state index in [1.165, 1.54) is 0 Å². The largest absolute Gasteiger partial charge is 0.497 e. The van der Waals surface area contributed by atoms with E-state index >= 15 is 0 Å². The molecular weight excluding hydrogens is 398 g/mol. The number of rotatable bonds is 9. The van der Waals surface area contributed by atoms with Crippen LogP contribution in [0.1, 0.15) is 22.8 Å². The van der Waals surface area contributed by atoms with Crippen molar-refractivity contribution in [1.29, 1.82) is 0 Å². The minimum Gasteiger partial charge on any atom is -0.497 e. The van der Waals surface area contributed by atoms with Gasteiger partial charge in [0, 0.05) is 27.8 Å². The summed E-state index contributed by atoms with van der Waals surface area (Å²) in [6.45, 7) is 2.51. The van der Waals surface area contributed by atoms with Crippen molar-refractivity contribution in [2.24, 2.45) is 0 Å². The zero-order valence-corrected chi connectivity index (χ0v) is 18.1. The maximum absolute atomic E-state index is 12.9. The molecule has 0 spiro atoms. The van der Waals surface area contributed by atoms with E-state index in [-0.39, 0.29) is 5.91 Å². The van der Waals surface area contributed by atoms with E-state index in [0.29, 0.717) is 35.1 Å². The van der Waals surface area contributed by atoms with E-state index in [4.69, 9.17) is 14.2 Å². The van der Waals surface area contributed by atoms with Crippen LogP contribution in [0, 0.1) is 0 Å². The van der Waals surface area contributed by atoms with Gasteiger partial charge in [0.25, 0.3) is 5.91 Å². The molecule has 3 aromatic rings. The lowest BCUT2D eigenvalue weighted by molar-refractivity contribution is 0.102. The molecule has 0 radical (unpaired) electrons. The monoisotopic (exact) mass is 423 g/mol. The molecule has 30 heavy (non-hydrogen) atoms. The van der Waals surface area contributed by atoms with Crippen molar-refractivity contribution < 1.29 is 19.0 Å². The van der Waals surface area contributed by atoms with Crippen LogP contribution in [0.3, 0.4) is 0 Å². The average Bonchev–Trinajstić information content (AvgIpc) is 2.79. The Balaban J connectivity index is 1.82. The lowest BCUT2D eigenvalue weighted by atomic mass is 10.1. The summed E-state index contributed by atoms with van der Waals surface area (Å²) in [6, 6.07) is 20.9. The van der Waals surface area contributed by atoms with Crippen LogP contribution in [0.2, 0.25) is 0 Å². The molecule has 3 aromatic carbocycles. The maximum Gasteiger partial charge on any atom is 0.255 e. The summed E-state index contributed by atoms with van der Waals surface area (Å²) in [4.78, 5) is 14.1. The molecule has 1 N–H and O–H groups in total. The summed E-state index contributed by atoms with van der Waals surface area (Å²) in [5, 5.41) is 2.91. The molecule has 0 unspecified atom stereocenters. The highest BCUT2D eigenvalue weighted by Crippen LogP contribution is 2.31. The zero-order chi connectivity index (χ0) is 21.3. The van der Waals surface area contributed by atoms with Crippen molar-refractivity contribution in [1.82, 2.24) is 0 Å². The van der Waals surface area contributed by atoms with Crippen molar-refractivity contribution in [2.45, 2.75) is 17.6 Å². The fourth-order valence-electron chi connectivity index (χ4n) is 2.91. The maximum atomic E-state index is 12.9. The molecule has 1 amide bonds. The molecule has 0 aliphatic rings. The number of carbonyl (C=O) groups is 1. The van der Waals surface area contributed by atoms with Crippen LogP contribution in [0.4, 0.5) is 5.69 Å². The number of methoxy groups -OCH3 is 2. The zero-order valence-electron chi connectivity index (χ0n) is 17.3. The lowest BCUT2D eigenvalue weighted by Crippen LogP contribution is -2.13. The lowest BCUT2D eigenvalue weighted by Gasteiger charge is -2.14. The summed E-state index contributed by atoms with van der Waals surface area (Å²) in [5.41, 5.74) is 2.07. The molecule has 6 heteroatoms. The van der Waals surface area contributed by atoms with Crippen molar-refractivity contribution in [3.63, 3.8) is 0 Å². The quantitative estimate of drug-likeness (QED) is 0.451. The van der Waals surface area contributed by atoms with E-state index in [1.54, 1.807) is 50.2 Å². The van der Waals surface area contributed by atoms with Gasteiger partial charge in [-0.2, -0.15) is 0 Å². The van der Waals surface area contributed by atoms with Crippen molar-refractivity contribution >= 4 is 23.4 Å². The van der Waals surface area contributed by atoms with Gasteiger partial charge in [-0.15, -0.1) is 11.8 Å². The van der Waals surface area contributed by atoms with E-state index in [1.807, 2.05) is 37.3 Å². The van der Waals surface area contributed by atoms with Crippen molar-refractivity contribution in [3.05, 3.63) is 77.9 Å². The van der Waals surface area contributed by atoms with Gasteiger partial charge in [0.15, 0.2) is 0 Å². The minimum atomic E-state index is -0.226. The smallest absolute Gasteiger partial charge is 0.255 e. The van der Waals surface area contributed by atoms with Gasteiger partial charge in [0.1, 0.15) is 17.2 Å². The Morgan fingerprint density at radius 1 is 0.933 bits per heavy atom. The molecule has 0 fully saturated rings. The van der Waals surface area contributed by atoms with Gasteiger partial charge in [-0.05, 0) is 49.4 Å². The van der Waals surface area contributed by atoms with E-state index < -0.39 is 0 Å². The number of anilines is 1. The molecule has 0 saturated carbocycles. The fourth-order valence-corrected chi connectivity index (χ4v) is 3.81. The normalized spacial score (nSPS) is 10.4. The molecule has 0 aliphatic heterocycles. The second-order valence-corrected chi connectivity index (χ2v) is 7.43. The Bertz CT molecular complexity index is 992. The standard InChI is InChI=1S/C24H25NO4S/c1-4-29-22-12-10-17(14-18(22)16-30-20-8-6-5-7-9-20)24(26)25-21-15-19(27-2)11-13-23(21)28-3/h5-15H,4,16H2,1-3H3,(H,25,26). The van der Waals surface area contributed by atoms with Gasteiger partial charge in [0.2, 0.25) is 0 Å². The number of hydrogen-bond acceptors (Lipinski definition) is 5. The van der Waals surface area contributed by atoms with Crippen molar-refractivity contribution in [2.75, 3.05) is 26.1 Å². The SMILES string of the molecule is CCOc1ccc(C(=O)Nc2cc(OC)ccc2OC)cc1CSc1ccccc1. The molecule has 5 nitrogen and oxygen atoms in total. The highest BCUT2D eigenvalue weighted by atomic mass is 32.2. The number of benzene rings is 3. The Morgan fingerprint density at radius 3 is 2.40 bits per heavy atom. The summed E-state index contributed by atoms with van der Waals surface area (Å²) in [7, 11) is 3.14. The molecule has 0 aromatic heterocycles. The first-order valence-electron chi connectivity index (χ1n) is 9.61. The van der Waals surface area contributed by atoms with Gasteiger partial charge < -0.3 is 19.5 Å². The molecule has 0 atom stereocenters. The highest BCUT2D eigenvalue weighted by molar-refractivity contribution is 7.98. The predicted octanol–water partition coefficient (Wildman–Crippen LogP) is 5.65. The van der Waals surface area contributed by atoms with Gasteiger partial charge in [-0.25, -0.2) is 0 Å². The molecular formula is C24H25NO4S. The number of amides is 1. The summed E-state index contributed by atoms with van der Waals surface area (Å²) in [5.74, 6) is 2.46. The minimum absolute atomic E-state index is 0.226. The van der Waals surface area contributed by atoms with E-state index in [9.17, 15) is 4.79 Å². The molecule has 0 aliphatic carbocycles. The predicted molar refractivity (Wildman–Crippen MR) is 121 cm³/mol. The van der Waals surface area contributed by atoms with Gasteiger partial charge in [-0.3, -0.25) is 4.79 Å². The molecule has 0 bridgehead atoms. The number of carbonyl (C=O) groups excluding carboxylic acids is 1. The van der Waals surface area contributed by atoms with Crippen LogP contribution in [0.15, 0.2) is 71.6 Å². The van der Waals surface area contributed by atoms with Gasteiger partial charge >= 0.3 is 0 Å². The van der Waals surface area contributed by atoms with Crippen LogP contribution in [-0.2, 0) is 5.75 Å². The third-order valence-electron chi connectivity index (χ3n) is 4.41. The van der Waals surface area contributed by atoms with Crippen LogP contribution in [-0.4, -0.2) is 26.7 Å². The first-order valence-corrected chi connectivity index (χ1v) is 10.6. The fraction of sp³-hybridized carbons (Fsp3) is 0.208. The number of nitrogens with one attached hydrogen (secondary N) is 1. The van der Waals surface area contributed by atoms with Gasteiger partial charge in [-0.1, -0.05) is 18.2 Å². The van der Waals surface area contributed by atoms with Crippen molar-refractivity contribution in [3.8, 4) is 17.2 Å². The van der Waals surface area contributed by atoms with Crippen LogP contribution in [0.25, 0.3) is 0 Å². The van der Waals surface area contributed by atoms with Crippen LogP contribution in [0.5, 0.6) is 17.2 Å². The Hall–Kier alpha value is -3.12. The Kier molecular flexibility index (Phi) is 7.63. The van der Waals surface area contributed by atoms with Crippen LogP contribution >= 0.6 is 11.8 Å². The first-order chi connectivity index (χ1) is 14.6. The molecule has 0 saturated heterocycles.